The minimum Gasteiger partial charge on any atom is -0.487 e. The number of likely N-dealkylation sites (N-methyl/N-ethyl adjacent to an activating group) is 2. The van der Waals surface area contributed by atoms with Crippen LogP contribution in [0.4, 0.5) is 21.8 Å². The zero-order valence-corrected chi connectivity index (χ0v) is 70.8. The molecule has 10 heterocycles. The Labute approximate surface area is 714 Å². The highest BCUT2D eigenvalue weighted by atomic mass is 19.1. The predicted octanol–water partition coefficient (Wildman–Crippen LogP) is 13.5. The average molecular weight is 1670 g/mol. The zero-order chi connectivity index (χ0) is 85.6. The molecule has 123 heavy (non-hydrogen) atoms. The van der Waals surface area contributed by atoms with Crippen LogP contribution in [0, 0.1) is 26.6 Å². The van der Waals surface area contributed by atoms with Crippen molar-refractivity contribution in [2.75, 3.05) is 131 Å². The van der Waals surface area contributed by atoms with Crippen molar-refractivity contribution < 1.29 is 42.5 Å². The van der Waals surface area contributed by atoms with Gasteiger partial charge in [0.1, 0.15) is 100 Å². The minimum atomic E-state index is -0.349. The molecule has 0 unspecified atom stereocenters. The summed E-state index contributed by atoms with van der Waals surface area (Å²) in [5, 5.41) is 12.9. The Kier molecular flexibility index (Phi) is 27.3. The Morgan fingerprint density at radius 3 is 1.32 bits per heavy atom. The maximum absolute atomic E-state index is 13.6. The molecule has 5 aliphatic rings. The largest absolute Gasteiger partial charge is 0.487 e. The number of aromatic amines is 1. The number of nitrogens with one attached hydrogen (secondary N) is 1. The lowest BCUT2D eigenvalue weighted by Gasteiger charge is -2.34. The number of benzene rings is 5. The number of H-pyrrole nitrogens is 1. The summed E-state index contributed by atoms with van der Waals surface area (Å²) in [6.45, 7) is 15.6. The summed E-state index contributed by atoms with van der Waals surface area (Å²) in [6, 6.07) is 40.9. The number of carbonyl (C=O) groups is 3. The normalized spacial score (nSPS) is 16.8. The summed E-state index contributed by atoms with van der Waals surface area (Å²) in [4.78, 5) is 78.6. The van der Waals surface area contributed by atoms with Gasteiger partial charge in [-0.05, 0) is 164 Å². The van der Waals surface area contributed by atoms with E-state index in [1.54, 1.807) is 50.8 Å². The number of amides is 3. The number of para-hydroxylation sites is 1. The number of nitrogens with zero attached hydrogens (tertiary/aromatic N) is 17. The maximum atomic E-state index is 13.6. The van der Waals surface area contributed by atoms with Crippen LogP contribution in [0.2, 0.25) is 0 Å². The molecule has 5 aromatic carbocycles. The number of hydrogen-bond donors (Lipinski definition) is 4. The number of nitrogens with two attached hydrogens (primary N) is 3. The van der Waals surface area contributed by atoms with E-state index in [-0.39, 0.29) is 41.7 Å². The molecule has 2 saturated carbocycles. The van der Waals surface area contributed by atoms with Crippen molar-refractivity contribution in [3.8, 4) is 62.1 Å². The monoisotopic (exact) mass is 1670 g/mol. The van der Waals surface area contributed by atoms with Gasteiger partial charge in [-0.1, -0.05) is 78.9 Å². The number of piperidine rings is 1. The number of nitrogen functional groups attached to an aromatic ring is 3. The molecule has 0 spiro atoms. The Hall–Kier alpha value is -12.7. The van der Waals surface area contributed by atoms with Gasteiger partial charge >= 0.3 is 0 Å². The van der Waals surface area contributed by atoms with Crippen molar-refractivity contribution >= 4 is 68.3 Å². The van der Waals surface area contributed by atoms with Crippen molar-refractivity contribution in [2.24, 2.45) is 0 Å². The molecule has 7 N–H and O–H groups in total. The standard InChI is InChI=1S/C33H40N6O4.C32H35FN6O2.C28H33N9O2/c1-24-30(25-11-13-28(14-12-25)43-27-8-5-4-6-9-27)31-32(34)35-23-36-33(31)39(24)26-15-17-38(22-26)29(40)10-7-16-37(18-20-41-2)19-21-42-3;1-21-29(22-10-14-26(15-11-22)41-27-8-3-6-23(33)18-27)30-31(34)35-20-36-32(30)39(21)25-7-4-17-38(19-25)28(40)9-5-16-37(2)24-12-13-24;1-18-25(19-5-9-23(10-6-19)39-16-20-14-32-34-33-20)26-27(29)30-17-31-28(26)37(18)22-11-13-36(15-22)24(38)4-3-12-35(2)21-7-8-21/h4-14,23,26H,15-22H2,1-3H3,(H2,34,35,36);3,5-6,8-11,14-15,18,20,24-25H,4,7,12-13,16-17,19H2,1-2H3,(H2,34,35,36);3-6,9-10,14,17,21-22H,7-8,11-13,15-16H2,1-2H3,(H2,29,30,31)(H,32,33,34)/b10-7+;9-5+;4-3+/t26-;25-;22-/m111/s1. The molecule has 17 rings (SSSR count). The third-order valence-electron chi connectivity index (χ3n) is 23.7. The zero-order valence-electron chi connectivity index (χ0n) is 70.8. The second-order valence-corrected chi connectivity index (χ2v) is 32.0. The molecule has 29 nitrogen and oxygen atoms in total. The molecule has 640 valence electrons. The van der Waals surface area contributed by atoms with Crippen molar-refractivity contribution in [1.29, 1.82) is 0 Å². The first-order valence-corrected chi connectivity index (χ1v) is 42.1. The SMILES string of the molecule is COCCN(C/C=C/C(=O)N1CC[C@@H](n2c(C)c(-c3ccc(Oc4ccccc4)cc3)c3c(N)ncnc32)C1)CCOC.Cc1c(-c2ccc(OCc3cn[nH]n3)cc2)c2c(N)ncnc2n1[C@@H]1CCN(C(=O)/C=C/CN(C)C2CC2)C1.Cc1c(-c2ccc(Oc3cccc(F)c3)cc2)c2c(N)ncnc2n1[C@@H]1CCCN(C(=O)/C=C/CN(C)C2CC2)C1. The van der Waals surface area contributed by atoms with E-state index in [0.717, 1.165) is 165 Å². The Balaban J connectivity index is 0.000000143. The van der Waals surface area contributed by atoms with Gasteiger partial charge in [-0.15, -0.1) is 0 Å². The average Bonchev–Trinajstić information content (AvgIpc) is 1.62. The predicted molar refractivity (Wildman–Crippen MR) is 474 cm³/mol. The van der Waals surface area contributed by atoms with Crippen LogP contribution in [0.5, 0.6) is 28.7 Å². The lowest BCUT2D eigenvalue weighted by Crippen LogP contribution is -2.40. The number of likely N-dealkylation sites (tertiary alicyclic amines) is 3. The molecule has 12 aromatic rings. The number of carbonyl (C=O) groups excluding carboxylic acids is 3. The van der Waals surface area contributed by atoms with Crippen LogP contribution >= 0.6 is 0 Å². The molecule has 7 aromatic heterocycles. The van der Waals surface area contributed by atoms with E-state index in [1.807, 2.05) is 136 Å². The topological polar surface area (TPSA) is 329 Å². The van der Waals surface area contributed by atoms with Gasteiger partial charge in [0, 0.05) is 156 Å². The van der Waals surface area contributed by atoms with E-state index in [9.17, 15) is 18.8 Å². The Bertz CT molecular complexity index is 5720. The summed E-state index contributed by atoms with van der Waals surface area (Å²) in [5.41, 5.74) is 31.4. The van der Waals surface area contributed by atoms with Crippen molar-refractivity contribution in [1.82, 2.24) is 88.4 Å². The van der Waals surface area contributed by atoms with Crippen molar-refractivity contribution in [2.45, 2.75) is 109 Å². The lowest BCUT2D eigenvalue weighted by atomic mass is 10.0. The molecule has 30 heteroatoms. The second-order valence-electron chi connectivity index (χ2n) is 32.0. The summed E-state index contributed by atoms with van der Waals surface area (Å²) in [6.07, 6.45) is 25.7. The van der Waals surface area contributed by atoms with Gasteiger partial charge in [-0.2, -0.15) is 15.4 Å². The van der Waals surface area contributed by atoms with Gasteiger partial charge < -0.3 is 69.3 Å². The van der Waals surface area contributed by atoms with E-state index in [4.69, 9.17) is 40.9 Å². The molecule has 5 fully saturated rings. The molecule has 3 saturated heterocycles. The number of rotatable bonds is 30. The number of aromatic nitrogens is 12. The first-order valence-electron chi connectivity index (χ1n) is 42.1. The third kappa shape index (κ3) is 20.2. The van der Waals surface area contributed by atoms with Gasteiger partial charge in [0.05, 0.1) is 53.7 Å². The van der Waals surface area contributed by atoms with Crippen LogP contribution < -0.4 is 31.4 Å². The van der Waals surface area contributed by atoms with Crippen LogP contribution in [0.25, 0.3) is 66.5 Å². The molecule has 3 amide bonds. The number of halogens is 1. The first-order chi connectivity index (χ1) is 59.9. The smallest absolute Gasteiger partial charge is 0.246 e. The van der Waals surface area contributed by atoms with Crippen molar-refractivity contribution in [3.63, 3.8) is 0 Å². The summed E-state index contributed by atoms with van der Waals surface area (Å²) in [7, 11) is 7.60. The number of methoxy groups -OCH3 is 2. The van der Waals surface area contributed by atoms with Crippen LogP contribution in [-0.2, 0) is 30.5 Å². The van der Waals surface area contributed by atoms with Crippen LogP contribution in [0.1, 0.15) is 92.3 Å². The molecule has 0 bridgehead atoms. The number of anilines is 3. The van der Waals surface area contributed by atoms with Crippen molar-refractivity contribution in [3.05, 3.63) is 218 Å². The highest BCUT2D eigenvalue weighted by Crippen LogP contribution is 2.45. The number of ether oxygens (including phenoxy) is 5. The quantitative estimate of drug-likeness (QED) is 0.0304. The Morgan fingerprint density at radius 2 is 0.894 bits per heavy atom. The van der Waals surface area contributed by atoms with Gasteiger partial charge in [-0.25, -0.2) is 34.3 Å². The van der Waals surface area contributed by atoms with Gasteiger partial charge in [0.15, 0.2) is 0 Å². The van der Waals surface area contributed by atoms with E-state index in [0.29, 0.717) is 100 Å². The first kappa shape index (κ1) is 85.2. The summed E-state index contributed by atoms with van der Waals surface area (Å²) < 4.78 is 48.4. The molecule has 3 aliphatic heterocycles. The summed E-state index contributed by atoms with van der Waals surface area (Å²) >= 11 is 0. The van der Waals surface area contributed by atoms with Gasteiger partial charge in [0.25, 0.3) is 0 Å². The molecular formula is C93H108FN21O8. The summed E-state index contributed by atoms with van der Waals surface area (Å²) in [5.74, 6) is 4.37. The Morgan fingerprint density at radius 1 is 0.488 bits per heavy atom. The van der Waals surface area contributed by atoms with Crippen LogP contribution in [0.3, 0.4) is 0 Å². The molecule has 3 atom stereocenters. The molecule has 2 aliphatic carbocycles. The highest BCUT2D eigenvalue weighted by Gasteiger charge is 2.35. The fourth-order valence-corrected chi connectivity index (χ4v) is 17.1. The number of hydrogen-bond acceptors (Lipinski definition) is 22. The number of fused-ring (bicyclic) bond motifs is 3. The lowest BCUT2D eigenvalue weighted by molar-refractivity contribution is -0.127. The maximum Gasteiger partial charge on any atom is 0.246 e. The van der Waals surface area contributed by atoms with E-state index in [1.165, 1.54) is 56.8 Å². The molecule has 0 radical (unpaired) electrons. The van der Waals surface area contributed by atoms with Gasteiger partial charge in [-0.3, -0.25) is 29.1 Å². The fourth-order valence-electron chi connectivity index (χ4n) is 17.1. The third-order valence-corrected chi connectivity index (χ3v) is 23.7. The fraction of sp³-hybridized carbons (Fsp3) is 0.366. The molecular weight excluding hydrogens is 1560 g/mol. The van der Waals surface area contributed by atoms with E-state index < -0.39 is 0 Å². The van der Waals surface area contributed by atoms with Crippen LogP contribution in [0.15, 0.2) is 189 Å². The van der Waals surface area contributed by atoms with E-state index >= 15 is 0 Å². The highest BCUT2D eigenvalue weighted by molar-refractivity contribution is 6.05. The van der Waals surface area contributed by atoms with Gasteiger partial charge in [0.2, 0.25) is 17.7 Å². The van der Waals surface area contributed by atoms with Crippen LogP contribution in [-0.4, -0.2) is 232 Å². The minimum absolute atomic E-state index is 0.0124. The van der Waals surface area contributed by atoms with E-state index in [2.05, 4.69) is 109 Å². The second kappa shape index (κ2) is 39.4.